The third-order valence-electron chi connectivity index (χ3n) is 3.61. The van der Waals surface area contributed by atoms with Crippen LogP contribution >= 0.6 is 0 Å². The van der Waals surface area contributed by atoms with Crippen molar-refractivity contribution in [3.8, 4) is 5.75 Å². The van der Waals surface area contributed by atoms with Gasteiger partial charge in [-0.1, -0.05) is 38.5 Å². The molecule has 0 amide bonds. The summed E-state index contributed by atoms with van der Waals surface area (Å²) < 4.78 is 5.51. The average Bonchev–Trinajstić information content (AvgIpc) is 2.38. The third-order valence-corrected chi connectivity index (χ3v) is 3.61. The molecule has 2 heteroatoms. The molecule has 1 N–H and O–H groups in total. The molecule has 0 saturated carbocycles. The van der Waals surface area contributed by atoms with E-state index in [0.717, 1.165) is 31.2 Å². The fraction of sp³-hybridized carbons (Fsp3) is 0.667. The molecule has 1 unspecified atom stereocenters. The van der Waals surface area contributed by atoms with Gasteiger partial charge in [-0.3, -0.25) is 0 Å². The van der Waals surface area contributed by atoms with Crippen molar-refractivity contribution < 1.29 is 4.74 Å². The second-order valence-corrected chi connectivity index (χ2v) is 6.22. The van der Waals surface area contributed by atoms with Gasteiger partial charge in [-0.2, -0.15) is 0 Å². The molecule has 1 rings (SSSR count). The lowest BCUT2D eigenvalue weighted by Crippen LogP contribution is -2.26. The van der Waals surface area contributed by atoms with Gasteiger partial charge in [-0.05, 0) is 62.7 Å². The van der Waals surface area contributed by atoms with Crippen LogP contribution in [0.25, 0.3) is 0 Å². The van der Waals surface area contributed by atoms with Crippen LogP contribution in [0.15, 0.2) is 18.2 Å². The molecular weight excluding hydrogens is 246 g/mol. The Morgan fingerprint density at radius 3 is 2.60 bits per heavy atom. The van der Waals surface area contributed by atoms with E-state index in [4.69, 9.17) is 4.74 Å². The second kappa shape index (κ2) is 9.02. The zero-order valence-corrected chi connectivity index (χ0v) is 13.8. The molecule has 0 bridgehead atoms. The van der Waals surface area contributed by atoms with Gasteiger partial charge in [0.2, 0.25) is 0 Å². The lowest BCUT2D eigenvalue weighted by Gasteiger charge is -2.21. The van der Waals surface area contributed by atoms with Gasteiger partial charge in [0.05, 0.1) is 7.11 Å². The first-order valence-electron chi connectivity index (χ1n) is 7.91. The van der Waals surface area contributed by atoms with Crippen molar-refractivity contribution >= 4 is 0 Å². The first-order valence-corrected chi connectivity index (χ1v) is 7.91. The first kappa shape index (κ1) is 17.0. The molecule has 0 aliphatic carbocycles. The molecule has 0 spiro atoms. The van der Waals surface area contributed by atoms with E-state index in [-0.39, 0.29) is 0 Å². The van der Waals surface area contributed by atoms with Gasteiger partial charge < -0.3 is 10.1 Å². The summed E-state index contributed by atoms with van der Waals surface area (Å²) in [4.78, 5) is 0. The lowest BCUT2D eigenvalue weighted by molar-refractivity contribution is 0.371. The minimum absolute atomic E-state index is 0.678. The number of benzene rings is 1. The first-order chi connectivity index (χ1) is 9.56. The molecule has 0 fully saturated rings. The largest absolute Gasteiger partial charge is 0.496 e. The van der Waals surface area contributed by atoms with E-state index in [0.29, 0.717) is 5.92 Å². The van der Waals surface area contributed by atoms with E-state index in [1.807, 2.05) is 0 Å². The van der Waals surface area contributed by atoms with Crippen molar-refractivity contribution in [2.24, 2.45) is 11.8 Å². The molecule has 0 radical (unpaired) electrons. The van der Waals surface area contributed by atoms with Crippen molar-refractivity contribution in [2.45, 2.75) is 47.0 Å². The summed E-state index contributed by atoms with van der Waals surface area (Å²) in [7, 11) is 1.76. The summed E-state index contributed by atoms with van der Waals surface area (Å²) in [5.41, 5.74) is 2.65. The molecule has 0 aliphatic rings. The van der Waals surface area contributed by atoms with E-state index in [2.05, 4.69) is 51.2 Å². The molecule has 1 aromatic rings. The van der Waals surface area contributed by atoms with Gasteiger partial charge in [0.25, 0.3) is 0 Å². The quantitative estimate of drug-likeness (QED) is 0.683. The van der Waals surface area contributed by atoms with Crippen LogP contribution in [0.5, 0.6) is 5.75 Å². The Morgan fingerprint density at radius 1 is 1.25 bits per heavy atom. The molecule has 0 aromatic heterocycles. The molecule has 0 heterocycles. The van der Waals surface area contributed by atoms with E-state index < -0.39 is 0 Å². The summed E-state index contributed by atoms with van der Waals surface area (Å²) in [5.74, 6) is 2.44. The number of aryl methyl sites for hydroxylation is 1. The number of hydrogen-bond acceptors (Lipinski definition) is 2. The Bertz CT molecular complexity index is 387. The van der Waals surface area contributed by atoms with Crippen molar-refractivity contribution in [3.05, 3.63) is 29.3 Å². The van der Waals surface area contributed by atoms with E-state index in [9.17, 15) is 0 Å². The fourth-order valence-electron chi connectivity index (χ4n) is 2.77. The summed E-state index contributed by atoms with van der Waals surface area (Å²) in [6, 6.07) is 6.48. The van der Waals surface area contributed by atoms with Gasteiger partial charge >= 0.3 is 0 Å². The zero-order chi connectivity index (χ0) is 15.0. The Kier molecular flexibility index (Phi) is 7.68. The van der Waals surface area contributed by atoms with Crippen molar-refractivity contribution in [3.63, 3.8) is 0 Å². The van der Waals surface area contributed by atoms with Crippen LogP contribution in [0.2, 0.25) is 0 Å². The molecule has 0 aliphatic heterocycles. The van der Waals surface area contributed by atoms with Crippen LogP contribution in [0.4, 0.5) is 0 Å². The smallest absolute Gasteiger partial charge is 0.122 e. The maximum Gasteiger partial charge on any atom is 0.122 e. The summed E-state index contributed by atoms with van der Waals surface area (Å²) in [6.07, 6.45) is 3.55. The van der Waals surface area contributed by atoms with Crippen molar-refractivity contribution in [2.75, 3.05) is 20.2 Å². The normalized spacial score (nSPS) is 12.7. The molecule has 1 atom stereocenters. The number of rotatable bonds is 9. The van der Waals surface area contributed by atoms with Gasteiger partial charge in [0.1, 0.15) is 5.75 Å². The van der Waals surface area contributed by atoms with Crippen LogP contribution < -0.4 is 10.1 Å². The number of methoxy groups -OCH3 is 1. The summed E-state index contributed by atoms with van der Waals surface area (Å²) >= 11 is 0. The Morgan fingerprint density at radius 2 is 2.00 bits per heavy atom. The Labute approximate surface area is 124 Å². The maximum absolute atomic E-state index is 5.51. The van der Waals surface area contributed by atoms with Crippen LogP contribution in [-0.4, -0.2) is 20.2 Å². The van der Waals surface area contributed by atoms with Crippen molar-refractivity contribution in [1.82, 2.24) is 5.32 Å². The highest BCUT2D eigenvalue weighted by atomic mass is 16.5. The highest BCUT2D eigenvalue weighted by Gasteiger charge is 2.14. The van der Waals surface area contributed by atoms with E-state index in [1.165, 1.54) is 24.0 Å². The maximum atomic E-state index is 5.51. The average molecular weight is 277 g/mol. The molecule has 1 aromatic carbocycles. The number of hydrogen-bond donors (Lipinski definition) is 1. The van der Waals surface area contributed by atoms with Crippen molar-refractivity contribution in [1.29, 1.82) is 0 Å². The highest BCUT2D eigenvalue weighted by Crippen LogP contribution is 2.25. The standard InChI is InChI=1S/C18H31NO/c1-6-9-19-13-16(10-14(2)3)12-17-11-15(4)7-8-18(17)20-5/h7-8,11,14,16,19H,6,9-10,12-13H2,1-5H3. The zero-order valence-electron chi connectivity index (χ0n) is 13.8. The van der Waals surface area contributed by atoms with Crippen LogP contribution in [0.3, 0.4) is 0 Å². The molecule has 114 valence electrons. The molecule has 0 saturated heterocycles. The summed E-state index contributed by atoms with van der Waals surface area (Å²) in [6.45, 7) is 11.2. The lowest BCUT2D eigenvalue weighted by atomic mass is 9.90. The van der Waals surface area contributed by atoms with Gasteiger partial charge in [0, 0.05) is 0 Å². The number of nitrogens with one attached hydrogen (secondary N) is 1. The fourth-order valence-corrected chi connectivity index (χ4v) is 2.77. The summed E-state index contributed by atoms with van der Waals surface area (Å²) in [5, 5.41) is 3.57. The monoisotopic (exact) mass is 277 g/mol. The second-order valence-electron chi connectivity index (χ2n) is 6.22. The SMILES string of the molecule is CCCNCC(Cc1cc(C)ccc1OC)CC(C)C. The Balaban J connectivity index is 2.74. The van der Waals surface area contributed by atoms with Gasteiger partial charge in [-0.15, -0.1) is 0 Å². The van der Waals surface area contributed by atoms with E-state index in [1.54, 1.807) is 7.11 Å². The van der Waals surface area contributed by atoms with Crippen LogP contribution in [0, 0.1) is 18.8 Å². The van der Waals surface area contributed by atoms with Gasteiger partial charge in [-0.25, -0.2) is 0 Å². The molecule has 20 heavy (non-hydrogen) atoms. The van der Waals surface area contributed by atoms with E-state index >= 15 is 0 Å². The predicted molar refractivity (Wildman–Crippen MR) is 87.5 cm³/mol. The minimum atomic E-state index is 0.678. The number of ether oxygens (including phenoxy) is 1. The highest BCUT2D eigenvalue weighted by molar-refractivity contribution is 5.37. The van der Waals surface area contributed by atoms with Crippen LogP contribution in [-0.2, 0) is 6.42 Å². The molecule has 2 nitrogen and oxygen atoms in total. The minimum Gasteiger partial charge on any atom is -0.496 e. The topological polar surface area (TPSA) is 21.3 Å². The predicted octanol–water partition coefficient (Wildman–Crippen LogP) is 4.21. The Hall–Kier alpha value is -1.02. The third kappa shape index (κ3) is 5.96. The van der Waals surface area contributed by atoms with Gasteiger partial charge in [0.15, 0.2) is 0 Å². The molecular formula is C18H31NO. The van der Waals surface area contributed by atoms with Crippen LogP contribution in [0.1, 0.15) is 44.7 Å².